The third-order valence-electron chi connectivity index (χ3n) is 4.94. The molecule has 0 spiro atoms. The van der Waals surface area contributed by atoms with Crippen molar-refractivity contribution in [3.8, 4) is 5.75 Å². The van der Waals surface area contributed by atoms with E-state index in [1.54, 1.807) is 12.1 Å². The molecule has 2 aliphatic rings. The van der Waals surface area contributed by atoms with E-state index in [2.05, 4.69) is 0 Å². The average Bonchev–Trinajstić information content (AvgIpc) is 2.62. The standard InChI is InChI=1S/C16H22BFO5S/c1-15(2)16(3,4)23-17(22-15)13-6-5-12(7-14(13)18)21-8-11-9-24(19,20)10-11/h5-7,11H,8-10H2,1-4H3. The van der Waals surface area contributed by atoms with E-state index >= 15 is 0 Å². The molecule has 0 radical (unpaired) electrons. The summed E-state index contributed by atoms with van der Waals surface area (Å²) in [6.45, 7) is 7.92. The van der Waals surface area contributed by atoms with Crippen LogP contribution in [-0.2, 0) is 19.1 Å². The second-order valence-electron chi connectivity index (χ2n) is 7.53. The van der Waals surface area contributed by atoms with Crippen LogP contribution < -0.4 is 10.2 Å². The van der Waals surface area contributed by atoms with Crippen LogP contribution in [0.2, 0.25) is 0 Å². The molecule has 0 aliphatic carbocycles. The summed E-state index contributed by atoms with van der Waals surface area (Å²) < 4.78 is 53.8. The Morgan fingerprint density at radius 2 is 1.79 bits per heavy atom. The van der Waals surface area contributed by atoms with Gasteiger partial charge in [0.25, 0.3) is 0 Å². The molecule has 0 amide bonds. The van der Waals surface area contributed by atoms with Crippen molar-refractivity contribution in [1.29, 1.82) is 0 Å². The molecule has 0 unspecified atom stereocenters. The maximum Gasteiger partial charge on any atom is 0.497 e. The monoisotopic (exact) mass is 356 g/mol. The van der Waals surface area contributed by atoms with Gasteiger partial charge in [0.05, 0.1) is 29.3 Å². The van der Waals surface area contributed by atoms with Crippen molar-refractivity contribution >= 4 is 22.4 Å². The van der Waals surface area contributed by atoms with E-state index < -0.39 is 34.0 Å². The lowest BCUT2D eigenvalue weighted by Gasteiger charge is -2.32. The summed E-state index contributed by atoms with van der Waals surface area (Å²) in [5, 5.41) is 0. The zero-order valence-corrected chi connectivity index (χ0v) is 15.2. The van der Waals surface area contributed by atoms with E-state index in [1.807, 2.05) is 27.7 Å². The van der Waals surface area contributed by atoms with Crippen LogP contribution in [0.3, 0.4) is 0 Å². The largest absolute Gasteiger partial charge is 0.497 e. The number of sulfone groups is 1. The summed E-state index contributed by atoms with van der Waals surface area (Å²) in [5.74, 6) is 0.174. The van der Waals surface area contributed by atoms with Gasteiger partial charge in [-0.15, -0.1) is 0 Å². The molecule has 0 aromatic heterocycles. The molecule has 2 aliphatic heterocycles. The Labute approximate surface area is 142 Å². The average molecular weight is 356 g/mol. The van der Waals surface area contributed by atoms with Crippen molar-refractivity contribution in [1.82, 2.24) is 0 Å². The van der Waals surface area contributed by atoms with Crippen LogP contribution in [-0.4, -0.2) is 44.9 Å². The summed E-state index contributed by atoms with van der Waals surface area (Å²) >= 11 is 0. The Kier molecular flexibility index (Phi) is 4.21. The molecule has 2 heterocycles. The second kappa shape index (κ2) is 5.71. The van der Waals surface area contributed by atoms with Crippen molar-refractivity contribution in [2.75, 3.05) is 18.1 Å². The molecule has 0 saturated carbocycles. The molecule has 0 atom stereocenters. The first-order valence-electron chi connectivity index (χ1n) is 7.97. The van der Waals surface area contributed by atoms with E-state index in [0.717, 1.165) is 0 Å². The van der Waals surface area contributed by atoms with E-state index in [4.69, 9.17) is 14.0 Å². The predicted molar refractivity (Wildman–Crippen MR) is 89.8 cm³/mol. The molecular formula is C16H22BFO5S. The zero-order valence-electron chi connectivity index (χ0n) is 14.3. The lowest BCUT2D eigenvalue weighted by atomic mass is 9.78. The van der Waals surface area contributed by atoms with Gasteiger partial charge in [0.15, 0.2) is 9.84 Å². The molecule has 5 nitrogen and oxygen atoms in total. The number of rotatable bonds is 4. The number of ether oxygens (including phenoxy) is 1. The van der Waals surface area contributed by atoms with Gasteiger partial charge in [0.1, 0.15) is 11.6 Å². The van der Waals surface area contributed by atoms with Crippen LogP contribution in [0.4, 0.5) is 4.39 Å². The maximum atomic E-state index is 14.4. The van der Waals surface area contributed by atoms with E-state index in [9.17, 15) is 12.8 Å². The smallest absolute Gasteiger partial charge is 0.493 e. The minimum Gasteiger partial charge on any atom is -0.493 e. The third kappa shape index (κ3) is 3.32. The van der Waals surface area contributed by atoms with E-state index in [-0.39, 0.29) is 24.0 Å². The SMILES string of the molecule is CC1(C)OB(c2ccc(OCC3CS(=O)(=O)C3)cc2F)OC1(C)C. The molecule has 1 aromatic rings. The quantitative estimate of drug-likeness (QED) is 0.766. The molecule has 8 heteroatoms. The van der Waals surface area contributed by atoms with Gasteiger partial charge in [-0.05, 0) is 33.8 Å². The van der Waals surface area contributed by atoms with Gasteiger partial charge < -0.3 is 14.0 Å². The van der Waals surface area contributed by atoms with Crippen LogP contribution in [0.1, 0.15) is 27.7 Å². The van der Waals surface area contributed by atoms with Crippen LogP contribution in [0.15, 0.2) is 18.2 Å². The van der Waals surface area contributed by atoms with Gasteiger partial charge in [0, 0.05) is 17.4 Å². The number of halogens is 1. The van der Waals surface area contributed by atoms with Gasteiger partial charge in [-0.25, -0.2) is 12.8 Å². The van der Waals surface area contributed by atoms with Crippen molar-refractivity contribution < 1.29 is 26.9 Å². The van der Waals surface area contributed by atoms with Gasteiger partial charge in [0.2, 0.25) is 0 Å². The van der Waals surface area contributed by atoms with Crippen LogP contribution >= 0.6 is 0 Å². The molecule has 0 N–H and O–H groups in total. The topological polar surface area (TPSA) is 61.8 Å². The van der Waals surface area contributed by atoms with E-state index in [1.165, 1.54) is 6.07 Å². The fraction of sp³-hybridized carbons (Fsp3) is 0.625. The first-order valence-corrected chi connectivity index (χ1v) is 9.79. The summed E-state index contributed by atoms with van der Waals surface area (Å²) in [4.78, 5) is 0. The molecule has 2 saturated heterocycles. The minimum absolute atomic E-state index is 0.0131. The van der Waals surface area contributed by atoms with E-state index in [0.29, 0.717) is 11.2 Å². The number of benzene rings is 1. The van der Waals surface area contributed by atoms with Crippen LogP contribution in [0.25, 0.3) is 0 Å². The lowest BCUT2D eigenvalue weighted by molar-refractivity contribution is 0.00578. The fourth-order valence-electron chi connectivity index (χ4n) is 2.74. The first-order chi connectivity index (χ1) is 11.0. The predicted octanol–water partition coefficient (Wildman–Crippen LogP) is 1.55. The molecule has 24 heavy (non-hydrogen) atoms. The Bertz CT molecular complexity index is 719. The molecule has 1 aromatic carbocycles. The van der Waals surface area contributed by atoms with Crippen LogP contribution in [0, 0.1) is 11.7 Å². The first kappa shape index (κ1) is 17.7. The summed E-state index contributed by atoms with van der Waals surface area (Å²) in [7, 11) is -3.63. The minimum atomic E-state index is -2.87. The van der Waals surface area contributed by atoms with Gasteiger partial charge in [-0.3, -0.25) is 0 Å². The summed E-state index contributed by atoms with van der Waals surface area (Å²) in [6.07, 6.45) is 0. The van der Waals surface area contributed by atoms with Gasteiger partial charge in [-0.2, -0.15) is 0 Å². The highest BCUT2D eigenvalue weighted by atomic mass is 32.2. The maximum absolute atomic E-state index is 14.4. The molecule has 132 valence electrons. The second-order valence-corrected chi connectivity index (χ2v) is 9.68. The normalized spacial score (nSPS) is 24.6. The van der Waals surface area contributed by atoms with Crippen LogP contribution in [0.5, 0.6) is 5.75 Å². The Hall–Kier alpha value is -1.12. The highest BCUT2D eigenvalue weighted by Crippen LogP contribution is 2.36. The highest BCUT2D eigenvalue weighted by Gasteiger charge is 2.52. The van der Waals surface area contributed by atoms with Crippen molar-refractivity contribution in [2.24, 2.45) is 5.92 Å². The number of hydrogen-bond donors (Lipinski definition) is 0. The van der Waals surface area contributed by atoms with Gasteiger partial charge >= 0.3 is 7.12 Å². The molecular weight excluding hydrogens is 334 g/mol. The summed E-state index contributed by atoms with van der Waals surface area (Å²) in [6, 6.07) is 4.52. The van der Waals surface area contributed by atoms with Crippen molar-refractivity contribution in [3.63, 3.8) is 0 Å². The molecule has 2 fully saturated rings. The lowest BCUT2D eigenvalue weighted by Crippen LogP contribution is -2.41. The highest BCUT2D eigenvalue weighted by molar-refractivity contribution is 7.92. The zero-order chi connectivity index (χ0) is 17.8. The fourth-order valence-corrected chi connectivity index (χ4v) is 4.27. The molecule has 0 bridgehead atoms. The van der Waals surface area contributed by atoms with Crippen molar-refractivity contribution in [2.45, 2.75) is 38.9 Å². The van der Waals surface area contributed by atoms with Crippen molar-refractivity contribution in [3.05, 3.63) is 24.0 Å². The Balaban J connectivity index is 1.65. The summed E-state index contributed by atoms with van der Waals surface area (Å²) in [5.41, 5.74) is -0.739. The Morgan fingerprint density at radius 3 is 2.29 bits per heavy atom. The third-order valence-corrected chi connectivity index (χ3v) is 6.90. The van der Waals surface area contributed by atoms with Gasteiger partial charge in [-0.1, -0.05) is 6.07 Å². The Morgan fingerprint density at radius 1 is 1.21 bits per heavy atom. The number of hydrogen-bond acceptors (Lipinski definition) is 5. The molecule has 3 rings (SSSR count).